The van der Waals surface area contributed by atoms with Crippen LogP contribution in [-0.2, 0) is 6.42 Å². The van der Waals surface area contributed by atoms with Crippen molar-refractivity contribution < 1.29 is 10.2 Å². The Labute approximate surface area is 209 Å². The third-order valence-corrected chi connectivity index (χ3v) is 8.27. The first-order chi connectivity index (χ1) is 16.8. The van der Waals surface area contributed by atoms with Gasteiger partial charge in [-0.05, 0) is 93.0 Å². The van der Waals surface area contributed by atoms with Crippen molar-refractivity contribution in [2.24, 2.45) is 5.92 Å². The second-order valence-electron chi connectivity index (χ2n) is 11.3. The van der Waals surface area contributed by atoms with E-state index in [0.717, 1.165) is 69.7 Å². The number of aryl methyl sites for hydroxylation is 1. The predicted octanol–water partition coefficient (Wildman–Crippen LogP) is 4.03. The molecular formula is C28H41N5O2. The van der Waals surface area contributed by atoms with Crippen LogP contribution in [0, 0.1) is 5.92 Å². The van der Waals surface area contributed by atoms with Gasteiger partial charge >= 0.3 is 0 Å². The zero-order valence-electron chi connectivity index (χ0n) is 21.3. The van der Waals surface area contributed by atoms with E-state index < -0.39 is 5.60 Å². The Kier molecular flexibility index (Phi) is 7.04. The van der Waals surface area contributed by atoms with E-state index >= 15 is 0 Å². The lowest BCUT2D eigenvalue weighted by Crippen LogP contribution is -2.35. The van der Waals surface area contributed by atoms with Gasteiger partial charge in [-0.3, -0.25) is 10.3 Å². The number of nitrogens with one attached hydrogen (secondary N) is 3. The van der Waals surface area contributed by atoms with Crippen LogP contribution in [0.25, 0.3) is 5.57 Å². The van der Waals surface area contributed by atoms with Crippen LogP contribution in [0.3, 0.4) is 0 Å². The molecule has 5 N–H and O–H groups in total. The maximum absolute atomic E-state index is 10.00. The van der Waals surface area contributed by atoms with E-state index in [4.69, 9.17) is 4.98 Å². The van der Waals surface area contributed by atoms with Crippen LogP contribution in [0.15, 0.2) is 30.5 Å². The van der Waals surface area contributed by atoms with Gasteiger partial charge in [0.25, 0.3) is 0 Å². The lowest BCUT2D eigenvalue weighted by molar-refractivity contribution is 0.0590. The lowest BCUT2D eigenvalue weighted by atomic mass is 9.73. The number of benzene rings is 1. The SMILES string of the molecule is CCc1cc(O)ccc1C1CCC2C(C1)NNC2c1ncc(C2=CCN(CCC(C)(C)O)CC2)[nH]1. The molecule has 3 aliphatic rings. The molecule has 2 aromatic rings. The maximum Gasteiger partial charge on any atom is 0.125 e. The number of aromatic nitrogens is 2. The molecule has 2 aliphatic heterocycles. The highest BCUT2D eigenvalue weighted by Crippen LogP contribution is 2.44. The molecule has 0 radical (unpaired) electrons. The maximum atomic E-state index is 10.00. The van der Waals surface area contributed by atoms with Crippen molar-refractivity contribution in [3.63, 3.8) is 0 Å². The molecule has 1 aliphatic carbocycles. The minimum absolute atomic E-state index is 0.202. The number of H-pyrrole nitrogens is 1. The number of phenols is 1. The second-order valence-corrected chi connectivity index (χ2v) is 11.3. The van der Waals surface area contributed by atoms with Crippen molar-refractivity contribution in [3.05, 3.63) is 53.1 Å². The molecule has 1 saturated heterocycles. The van der Waals surface area contributed by atoms with Crippen molar-refractivity contribution in [3.8, 4) is 5.75 Å². The first-order valence-electron chi connectivity index (χ1n) is 13.3. The van der Waals surface area contributed by atoms with Crippen molar-refractivity contribution in [1.82, 2.24) is 25.7 Å². The number of rotatable bonds is 7. The second kappa shape index (κ2) is 10.1. The summed E-state index contributed by atoms with van der Waals surface area (Å²) in [5.74, 6) is 2.44. The van der Waals surface area contributed by atoms with Crippen LogP contribution >= 0.6 is 0 Å². The average Bonchev–Trinajstić information content (AvgIpc) is 3.49. The van der Waals surface area contributed by atoms with Crippen LogP contribution in [-0.4, -0.2) is 56.4 Å². The molecule has 3 heterocycles. The van der Waals surface area contributed by atoms with Crippen molar-refractivity contribution in [2.45, 2.75) is 82.9 Å². The Hall–Kier alpha value is -2.19. The van der Waals surface area contributed by atoms with Gasteiger partial charge in [0.05, 0.1) is 23.5 Å². The van der Waals surface area contributed by atoms with E-state index in [0.29, 0.717) is 23.6 Å². The summed E-state index contributed by atoms with van der Waals surface area (Å²) >= 11 is 0. The molecule has 0 spiro atoms. The molecule has 1 aromatic carbocycles. The van der Waals surface area contributed by atoms with Gasteiger partial charge in [-0.15, -0.1) is 0 Å². The topological polar surface area (TPSA) is 96.4 Å². The quantitative estimate of drug-likeness (QED) is 0.412. The average molecular weight is 480 g/mol. The molecule has 0 amide bonds. The normalized spacial score (nSPS) is 27.6. The fraction of sp³-hybridized carbons (Fsp3) is 0.607. The fourth-order valence-corrected chi connectivity index (χ4v) is 6.16. The molecular weight excluding hydrogens is 438 g/mol. The molecule has 2 fully saturated rings. The zero-order chi connectivity index (χ0) is 24.6. The van der Waals surface area contributed by atoms with Crippen LogP contribution in [0.4, 0.5) is 0 Å². The Bertz CT molecular complexity index is 1060. The molecule has 4 unspecified atom stereocenters. The summed E-state index contributed by atoms with van der Waals surface area (Å²) in [7, 11) is 0. The van der Waals surface area contributed by atoms with E-state index in [1.807, 2.05) is 32.2 Å². The van der Waals surface area contributed by atoms with Gasteiger partial charge in [-0.1, -0.05) is 19.1 Å². The van der Waals surface area contributed by atoms with E-state index in [2.05, 4.69) is 39.8 Å². The molecule has 0 bridgehead atoms. The number of hydrogen-bond donors (Lipinski definition) is 5. The van der Waals surface area contributed by atoms with E-state index in [1.165, 1.54) is 16.7 Å². The molecule has 1 saturated carbocycles. The number of imidazole rings is 1. The number of nitrogens with zero attached hydrogens (tertiary/aromatic N) is 2. The van der Waals surface area contributed by atoms with Gasteiger partial charge in [0.1, 0.15) is 11.6 Å². The third-order valence-electron chi connectivity index (χ3n) is 8.27. The number of aromatic amines is 1. The summed E-state index contributed by atoms with van der Waals surface area (Å²) in [5, 5.41) is 19.9. The minimum Gasteiger partial charge on any atom is -0.508 e. The highest BCUT2D eigenvalue weighted by Gasteiger charge is 2.42. The zero-order valence-corrected chi connectivity index (χ0v) is 21.3. The predicted molar refractivity (Wildman–Crippen MR) is 139 cm³/mol. The van der Waals surface area contributed by atoms with Crippen LogP contribution in [0.1, 0.15) is 87.5 Å². The molecule has 1 aromatic heterocycles. The van der Waals surface area contributed by atoms with Crippen LogP contribution in [0.5, 0.6) is 5.75 Å². The van der Waals surface area contributed by atoms with Gasteiger partial charge in [0, 0.05) is 25.7 Å². The summed E-state index contributed by atoms with van der Waals surface area (Å²) < 4.78 is 0. The third kappa shape index (κ3) is 5.48. The van der Waals surface area contributed by atoms with Crippen LogP contribution in [0.2, 0.25) is 0 Å². The van der Waals surface area contributed by atoms with Crippen LogP contribution < -0.4 is 10.9 Å². The largest absolute Gasteiger partial charge is 0.508 e. The number of fused-ring (bicyclic) bond motifs is 1. The molecule has 35 heavy (non-hydrogen) atoms. The highest BCUT2D eigenvalue weighted by molar-refractivity contribution is 5.63. The summed E-state index contributed by atoms with van der Waals surface area (Å²) in [5.41, 5.74) is 11.7. The minimum atomic E-state index is -0.607. The number of phenolic OH excluding ortho intramolecular Hbond substituents is 1. The highest BCUT2D eigenvalue weighted by atomic mass is 16.3. The summed E-state index contributed by atoms with van der Waals surface area (Å²) in [6.07, 6.45) is 10.5. The first kappa shape index (κ1) is 24.5. The van der Waals surface area contributed by atoms with E-state index in [9.17, 15) is 10.2 Å². The number of aromatic hydroxyl groups is 1. The van der Waals surface area contributed by atoms with Gasteiger partial charge in [0.2, 0.25) is 0 Å². The Morgan fingerprint density at radius 2 is 2.06 bits per heavy atom. The van der Waals surface area contributed by atoms with Crippen molar-refractivity contribution in [2.75, 3.05) is 19.6 Å². The van der Waals surface area contributed by atoms with Gasteiger partial charge in [-0.25, -0.2) is 10.4 Å². The van der Waals surface area contributed by atoms with Gasteiger partial charge in [-0.2, -0.15) is 0 Å². The molecule has 7 nitrogen and oxygen atoms in total. The summed E-state index contributed by atoms with van der Waals surface area (Å²) in [6, 6.07) is 6.51. The molecule has 4 atom stereocenters. The standard InChI is InChI=1S/C28H41N5O2/c1-4-18-15-21(34)6-8-22(18)20-5-7-23-24(16-20)31-32-26(23)27-29-17-25(30-27)19-9-12-33(13-10-19)14-11-28(2,3)35/h6,8-9,15,17,20,23-24,26,31-32,34-35H,4-5,7,10-14,16H2,1-3H3,(H,29,30). The van der Waals surface area contributed by atoms with E-state index in [-0.39, 0.29) is 6.04 Å². The Morgan fingerprint density at radius 3 is 2.80 bits per heavy atom. The van der Waals surface area contributed by atoms with Crippen molar-refractivity contribution >= 4 is 5.57 Å². The number of hydrogen-bond acceptors (Lipinski definition) is 6. The summed E-state index contributed by atoms with van der Waals surface area (Å²) in [6.45, 7) is 8.78. The molecule has 7 heteroatoms. The molecule has 190 valence electrons. The lowest BCUT2D eigenvalue weighted by Gasteiger charge is -2.33. The van der Waals surface area contributed by atoms with Gasteiger partial charge in [0.15, 0.2) is 0 Å². The molecule has 5 rings (SSSR count). The monoisotopic (exact) mass is 479 g/mol. The number of hydrazine groups is 1. The fourth-order valence-electron chi connectivity index (χ4n) is 6.16. The smallest absolute Gasteiger partial charge is 0.125 e. The summed E-state index contributed by atoms with van der Waals surface area (Å²) in [4.78, 5) is 10.8. The number of aliphatic hydroxyl groups is 1. The van der Waals surface area contributed by atoms with Crippen molar-refractivity contribution in [1.29, 1.82) is 0 Å². The Balaban J connectivity index is 1.21. The first-order valence-corrected chi connectivity index (χ1v) is 13.3. The van der Waals surface area contributed by atoms with E-state index in [1.54, 1.807) is 0 Å². The Morgan fingerprint density at radius 1 is 1.20 bits per heavy atom. The van der Waals surface area contributed by atoms with Gasteiger partial charge < -0.3 is 15.2 Å².